The summed E-state index contributed by atoms with van der Waals surface area (Å²) in [4.78, 5) is 17.8. The highest BCUT2D eigenvalue weighted by molar-refractivity contribution is 6.30. The number of methoxy groups -OCH3 is 1. The Hall–Kier alpha value is -3.77. The van der Waals surface area contributed by atoms with E-state index >= 15 is 0 Å². The minimum Gasteiger partial charge on any atom is -0.497 e. The number of piperazine rings is 1. The van der Waals surface area contributed by atoms with Crippen molar-refractivity contribution in [3.8, 4) is 22.7 Å². The maximum Gasteiger partial charge on any atom is 0.255 e. The van der Waals surface area contributed by atoms with Gasteiger partial charge >= 0.3 is 0 Å². The number of carbonyl (C=O) groups excluding carboxylic acids is 1. The molecule has 1 fully saturated rings. The van der Waals surface area contributed by atoms with Crippen molar-refractivity contribution in [3.63, 3.8) is 0 Å². The lowest BCUT2D eigenvalue weighted by Gasteiger charge is -2.36. The summed E-state index contributed by atoms with van der Waals surface area (Å²) in [6.07, 6.45) is 0. The van der Waals surface area contributed by atoms with E-state index in [9.17, 15) is 9.18 Å². The zero-order chi connectivity index (χ0) is 25.2. The molecule has 0 unspecified atom stereocenters. The van der Waals surface area contributed by atoms with Crippen molar-refractivity contribution in [3.05, 3.63) is 101 Å². The number of hydrogen-bond acceptors (Lipinski definition) is 3. The number of ether oxygens (including phenoxy) is 1. The third-order valence-corrected chi connectivity index (χ3v) is 6.97. The summed E-state index contributed by atoms with van der Waals surface area (Å²) in [7, 11) is 1.65. The summed E-state index contributed by atoms with van der Waals surface area (Å²) in [5, 5.41) is 0.616. The fourth-order valence-corrected chi connectivity index (χ4v) is 4.86. The first-order valence-corrected chi connectivity index (χ1v) is 12.3. The average molecular weight is 504 g/mol. The maximum absolute atomic E-state index is 14.9. The Balaban J connectivity index is 1.44. The fraction of sp³-hybridized carbons (Fsp3) is 0.207. The molecule has 0 atom stereocenters. The number of benzene rings is 3. The van der Waals surface area contributed by atoms with Crippen LogP contribution in [0.4, 0.5) is 10.1 Å². The van der Waals surface area contributed by atoms with Crippen molar-refractivity contribution >= 4 is 23.2 Å². The molecule has 3 aromatic carbocycles. The second-order valence-electron chi connectivity index (χ2n) is 8.80. The molecule has 0 N–H and O–H groups in total. The van der Waals surface area contributed by atoms with Gasteiger partial charge in [-0.2, -0.15) is 0 Å². The van der Waals surface area contributed by atoms with Crippen LogP contribution in [0.25, 0.3) is 16.9 Å². The molecule has 0 bridgehead atoms. The van der Waals surface area contributed by atoms with E-state index in [1.165, 1.54) is 6.07 Å². The summed E-state index contributed by atoms with van der Waals surface area (Å²) in [5.74, 6) is 0.421. The van der Waals surface area contributed by atoms with Gasteiger partial charge in [-0.1, -0.05) is 35.9 Å². The minimum absolute atomic E-state index is 0.0489. The predicted octanol–water partition coefficient (Wildman–Crippen LogP) is 6.22. The number of para-hydroxylation sites is 1. The lowest BCUT2D eigenvalue weighted by atomic mass is 10.1. The number of amides is 1. The van der Waals surface area contributed by atoms with Gasteiger partial charge in [0.05, 0.1) is 24.1 Å². The molecule has 1 aromatic heterocycles. The first kappa shape index (κ1) is 23.9. The summed E-state index contributed by atoms with van der Waals surface area (Å²) in [5.41, 5.74) is 4.38. The molecule has 5 rings (SSSR count). The summed E-state index contributed by atoms with van der Waals surface area (Å²) >= 11 is 6.10. The lowest BCUT2D eigenvalue weighted by Crippen LogP contribution is -2.48. The topological polar surface area (TPSA) is 37.7 Å². The molecule has 1 amide bonds. The van der Waals surface area contributed by atoms with Crippen LogP contribution in [0, 0.1) is 12.7 Å². The Labute approximate surface area is 215 Å². The summed E-state index contributed by atoms with van der Waals surface area (Å²) < 4.78 is 22.0. The molecule has 184 valence electrons. The number of halogens is 2. The average Bonchev–Trinajstić information content (AvgIpc) is 3.25. The van der Waals surface area contributed by atoms with Crippen LogP contribution in [0.5, 0.6) is 5.75 Å². The zero-order valence-electron chi connectivity index (χ0n) is 20.2. The molecule has 0 aliphatic carbocycles. The molecule has 36 heavy (non-hydrogen) atoms. The van der Waals surface area contributed by atoms with Crippen LogP contribution in [0.2, 0.25) is 5.02 Å². The predicted molar refractivity (Wildman–Crippen MR) is 142 cm³/mol. The van der Waals surface area contributed by atoms with Crippen LogP contribution in [-0.2, 0) is 0 Å². The molecule has 1 aliphatic heterocycles. The minimum atomic E-state index is -0.349. The fourth-order valence-electron chi connectivity index (χ4n) is 4.73. The number of rotatable bonds is 5. The van der Waals surface area contributed by atoms with Crippen LogP contribution in [0.3, 0.4) is 0 Å². The Morgan fingerprint density at radius 2 is 1.58 bits per heavy atom. The van der Waals surface area contributed by atoms with Gasteiger partial charge < -0.3 is 19.1 Å². The molecule has 2 heterocycles. The lowest BCUT2D eigenvalue weighted by molar-refractivity contribution is 0.0746. The number of anilines is 1. The highest BCUT2D eigenvalue weighted by Gasteiger charge is 2.27. The van der Waals surface area contributed by atoms with Crippen molar-refractivity contribution < 1.29 is 13.9 Å². The second-order valence-corrected chi connectivity index (χ2v) is 9.24. The largest absolute Gasteiger partial charge is 0.497 e. The van der Waals surface area contributed by atoms with Crippen molar-refractivity contribution in [1.29, 1.82) is 0 Å². The van der Waals surface area contributed by atoms with Crippen LogP contribution >= 0.6 is 11.6 Å². The molecule has 5 nitrogen and oxygen atoms in total. The highest BCUT2D eigenvalue weighted by Crippen LogP contribution is 2.32. The van der Waals surface area contributed by atoms with Crippen LogP contribution in [0.15, 0.2) is 78.9 Å². The smallest absolute Gasteiger partial charge is 0.255 e. The van der Waals surface area contributed by atoms with E-state index in [4.69, 9.17) is 16.3 Å². The third-order valence-electron chi connectivity index (χ3n) is 6.72. The number of nitrogens with zero attached hydrogens (tertiary/aromatic N) is 3. The van der Waals surface area contributed by atoms with Crippen molar-refractivity contribution in [2.24, 2.45) is 0 Å². The molecule has 0 spiro atoms. The first-order chi connectivity index (χ1) is 17.5. The zero-order valence-corrected chi connectivity index (χ0v) is 21.0. The van der Waals surface area contributed by atoms with E-state index in [2.05, 4.69) is 4.90 Å². The van der Waals surface area contributed by atoms with Crippen LogP contribution in [0.1, 0.15) is 16.1 Å². The summed E-state index contributed by atoms with van der Waals surface area (Å²) in [6, 6.07) is 23.8. The molecule has 7 heteroatoms. The molecule has 0 radical (unpaired) electrons. The standard InChI is InChI=1S/C29H27ClFN3O2/c1-20-25(29(35)33-17-15-32(16-18-33)23-11-13-24(36-2)14-12-23)19-28(21-7-9-22(30)10-8-21)34(20)27-6-4-3-5-26(27)31/h3-14,19H,15-18H2,1-2H3. The number of aromatic nitrogens is 1. The van der Waals surface area contributed by atoms with E-state index in [0.717, 1.165) is 35.8 Å². The second kappa shape index (κ2) is 10.1. The molecule has 0 saturated carbocycles. The van der Waals surface area contributed by atoms with Gasteiger partial charge in [-0.25, -0.2) is 4.39 Å². The van der Waals surface area contributed by atoms with E-state index in [1.807, 2.05) is 58.9 Å². The van der Waals surface area contributed by atoms with E-state index in [1.54, 1.807) is 37.4 Å². The highest BCUT2D eigenvalue weighted by atomic mass is 35.5. The number of carbonyl (C=O) groups is 1. The SMILES string of the molecule is COc1ccc(N2CCN(C(=O)c3cc(-c4ccc(Cl)cc4)n(-c4ccccc4F)c3C)CC2)cc1. The van der Waals surface area contributed by atoms with Crippen LogP contribution in [-0.4, -0.2) is 48.7 Å². The van der Waals surface area contributed by atoms with E-state index < -0.39 is 0 Å². The van der Waals surface area contributed by atoms with Crippen molar-refractivity contribution in [2.75, 3.05) is 38.2 Å². The molecular weight excluding hydrogens is 477 g/mol. The first-order valence-electron chi connectivity index (χ1n) is 11.9. The van der Waals surface area contributed by atoms with Gasteiger partial charge in [0.25, 0.3) is 5.91 Å². The van der Waals surface area contributed by atoms with Gasteiger partial charge in [0.15, 0.2) is 0 Å². The van der Waals surface area contributed by atoms with E-state index in [-0.39, 0.29) is 11.7 Å². The van der Waals surface area contributed by atoms with Crippen molar-refractivity contribution in [2.45, 2.75) is 6.92 Å². The molecule has 1 aliphatic rings. The van der Waals surface area contributed by atoms with Gasteiger partial charge in [-0.3, -0.25) is 4.79 Å². The number of hydrogen-bond donors (Lipinski definition) is 0. The monoisotopic (exact) mass is 503 g/mol. The van der Waals surface area contributed by atoms with Crippen LogP contribution < -0.4 is 9.64 Å². The van der Waals surface area contributed by atoms with Gasteiger partial charge in [0.2, 0.25) is 0 Å². The third kappa shape index (κ3) is 4.56. The maximum atomic E-state index is 14.9. The van der Waals surface area contributed by atoms with Gasteiger partial charge in [0.1, 0.15) is 11.6 Å². The van der Waals surface area contributed by atoms with E-state index in [0.29, 0.717) is 35.1 Å². The molecule has 1 saturated heterocycles. The molecular formula is C29H27ClFN3O2. The molecule has 4 aromatic rings. The Morgan fingerprint density at radius 3 is 2.22 bits per heavy atom. The Kier molecular flexibility index (Phi) is 6.70. The van der Waals surface area contributed by atoms with Gasteiger partial charge in [0, 0.05) is 42.6 Å². The summed E-state index contributed by atoms with van der Waals surface area (Å²) in [6.45, 7) is 4.54. The van der Waals surface area contributed by atoms with Gasteiger partial charge in [-0.15, -0.1) is 0 Å². The normalized spacial score (nSPS) is 13.7. The van der Waals surface area contributed by atoms with Crippen molar-refractivity contribution in [1.82, 2.24) is 9.47 Å². The van der Waals surface area contributed by atoms with Gasteiger partial charge in [-0.05, 0) is 67.1 Å². The Bertz CT molecular complexity index is 1370. The Morgan fingerprint density at radius 1 is 0.917 bits per heavy atom. The quantitative estimate of drug-likeness (QED) is 0.324.